The molecule has 26 heavy (non-hydrogen) atoms. The summed E-state index contributed by atoms with van der Waals surface area (Å²) in [7, 11) is -2.25. The van der Waals surface area contributed by atoms with Gasteiger partial charge >= 0.3 is 5.97 Å². The largest absolute Gasteiger partial charge is 0.481 e. The number of carboxylic acid groups (broad SMARTS) is 1. The molecule has 0 aliphatic carbocycles. The summed E-state index contributed by atoms with van der Waals surface area (Å²) in [5.74, 6) is -1.42. The molecule has 142 valence electrons. The molecular formula is C17H22N2O6S. The molecule has 0 spiro atoms. The molecule has 9 heteroatoms. The van der Waals surface area contributed by atoms with Gasteiger partial charge < -0.3 is 14.7 Å². The number of sulfonamides is 1. The fourth-order valence-corrected chi connectivity index (χ4v) is 3.95. The Balaban J connectivity index is 2.27. The lowest BCUT2D eigenvalue weighted by Gasteiger charge is -2.23. The number of carbonyl (C=O) groups excluding carboxylic acids is 1. The van der Waals surface area contributed by atoms with E-state index >= 15 is 0 Å². The number of methoxy groups -OCH3 is 1. The standard InChI is InChI=1S/C17H22N2O6S/c1-3-7-18-26(23,24)15-6-4-5-12(8-15)17(22)19-11-14(25-2)9-13(19)10-16(20)21/h3-6,8,13-14,18H,1,7,9-11H2,2H3,(H,20,21). The summed E-state index contributed by atoms with van der Waals surface area (Å²) in [5.41, 5.74) is 0.179. The van der Waals surface area contributed by atoms with Crippen LogP contribution in [0.1, 0.15) is 23.2 Å². The van der Waals surface area contributed by atoms with Crippen LogP contribution in [0, 0.1) is 0 Å². The Hall–Kier alpha value is -2.23. The van der Waals surface area contributed by atoms with E-state index in [4.69, 9.17) is 9.84 Å². The maximum atomic E-state index is 12.8. The lowest BCUT2D eigenvalue weighted by atomic mass is 10.1. The zero-order valence-electron chi connectivity index (χ0n) is 14.4. The molecule has 1 aromatic rings. The summed E-state index contributed by atoms with van der Waals surface area (Å²) in [5, 5.41) is 9.06. The van der Waals surface area contributed by atoms with Gasteiger partial charge in [-0.3, -0.25) is 9.59 Å². The van der Waals surface area contributed by atoms with Gasteiger partial charge in [0.15, 0.2) is 0 Å². The zero-order chi connectivity index (χ0) is 19.3. The highest BCUT2D eigenvalue weighted by Crippen LogP contribution is 2.25. The summed E-state index contributed by atoms with van der Waals surface area (Å²) in [6, 6.07) is 5.16. The van der Waals surface area contributed by atoms with Crippen molar-refractivity contribution in [2.24, 2.45) is 0 Å². The lowest BCUT2D eigenvalue weighted by Crippen LogP contribution is -2.37. The number of nitrogens with zero attached hydrogens (tertiary/aromatic N) is 1. The summed E-state index contributed by atoms with van der Waals surface area (Å²) >= 11 is 0. The monoisotopic (exact) mass is 382 g/mol. The fourth-order valence-electron chi connectivity index (χ4n) is 2.90. The molecule has 1 aromatic carbocycles. The van der Waals surface area contributed by atoms with Crippen molar-refractivity contribution < 1.29 is 27.9 Å². The first kappa shape index (κ1) is 20.1. The molecule has 0 aromatic heterocycles. The summed E-state index contributed by atoms with van der Waals surface area (Å²) in [6.07, 6.45) is 1.40. The van der Waals surface area contributed by atoms with Crippen LogP contribution in [-0.4, -0.2) is 62.6 Å². The minimum Gasteiger partial charge on any atom is -0.481 e. The Labute approximate surface area is 152 Å². The van der Waals surface area contributed by atoms with E-state index in [-0.39, 0.29) is 36.1 Å². The highest BCUT2D eigenvalue weighted by molar-refractivity contribution is 7.89. The van der Waals surface area contributed by atoms with Crippen molar-refractivity contribution in [3.8, 4) is 0 Å². The second-order valence-electron chi connectivity index (χ2n) is 5.97. The van der Waals surface area contributed by atoms with E-state index in [1.165, 1.54) is 42.4 Å². The van der Waals surface area contributed by atoms with E-state index in [1.54, 1.807) is 0 Å². The van der Waals surface area contributed by atoms with Crippen molar-refractivity contribution in [1.82, 2.24) is 9.62 Å². The van der Waals surface area contributed by atoms with E-state index < -0.39 is 27.9 Å². The Morgan fingerprint density at radius 2 is 2.19 bits per heavy atom. The first-order chi connectivity index (χ1) is 12.3. The molecule has 1 heterocycles. The number of hydrogen-bond donors (Lipinski definition) is 2. The highest BCUT2D eigenvalue weighted by Gasteiger charge is 2.37. The van der Waals surface area contributed by atoms with Crippen molar-refractivity contribution in [3.05, 3.63) is 42.5 Å². The number of nitrogens with one attached hydrogen (secondary N) is 1. The molecule has 1 aliphatic rings. The number of likely N-dealkylation sites (tertiary alicyclic amines) is 1. The maximum absolute atomic E-state index is 12.8. The molecule has 1 saturated heterocycles. The third-order valence-corrected chi connectivity index (χ3v) is 5.61. The van der Waals surface area contributed by atoms with Crippen LogP contribution in [0.15, 0.2) is 41.8 Å². The van der Waals surface area contributed by atoms with E-state index in [9.17, 15) is 18.0 Å². The van der Waals surface area contributed by atoms with Gasteiger partial charge in [0.25, 0.3) is 5.91 Å². The van der Waals surface area contributed by atoms with Crippen molar-refractivity contribution in [2.75, 3.05) is 20.2 Å². The molecule has 2 rings (SSSR count). The van der Waals surface area contributed by atoms with Crippen LogP contribution < -0.4 is 4.72 Å². The van der Waals surface area contributed by atoms with Gasteiger partial charge in [0, 0.05) is 31.8 Å². The van der Waals surface area contributed by atoms with Crippen LogP contribution in [0.5, 0.6) is 0 Å². The molecular weight excluding hydrogens is 360 g/mol. The zero-order valence-corrected chi connectivity index (χ0v) is 15.2. The molecule has 0 saturated carbocycles. The summed E-state index contributed by atoms with van der Waals surface area (Å²) < 4.78 is 32.0. The predicted octanol–water partition coefficient (Wildman–Crippen LogP) is 0.855. The second kappa shape index (κ2) is 8.43. The molecule has 0 bridgehead atoms. The van der Waals surface area contributed by atoms with Gasteiger partial charge in [-0.05, 0) is 24.6 Å². The average molecular weight is 382 g/mol. The Bertz CT molecular complexity index is 792. The van der Waals surface area contributed by atoms with Gasteiger partial charge in [0.05, 0.1) is 17.4 Å². The van der Waals surface area contributed by atoms with Gasteiger partial charge in [-0.2, -0.15) is 0 Å². The normalized spacial score (nSPS) is 20.1. The van der Waals surface area contributed by atoms with Crippen molar-refractivity contribution in [2.45, 2.75) is 29.9 Å². The maximum Gasteiger partial charge on any atom is 0.305 e. The molecule has 2 atom stereocenters. The SMILES string of the molecule is C=CCNS(=O)(=O)c1cccc(C(=O)N2CC(OC)CC2CC(=O)O)c1. The quantitative estimate of drug-likeness (QED) is 0.645. The summed E-state index contributed by atoms with van der Waals surface area (Å²) in [4.78, 5) is 25.3. The van der Waals surface area contributed by atoms with E-state index in [2.05, 4.69) is 11.3 Å². The number of amides is 1. The fraction of sp³-hybridized carbons (Fsp3) is 0.412. The average Bonchev–Trinajstić information content (AvgIpc) is 3.01. The lowest BCUT2D eigenvalue weighted by molar-refractivity contribution is -0.138. The number of hydrogen-bond acceptors (Lipinski definition) is 5. The first-order valence-corrected chi connectivity index (χ1v) is 9.53. The van der Waals surface area contributed by atoms with Gasteiger partial charge in [-0.25, -0.2) is 13.1 Å². The third-order valence-electron chi connectivity index (χ3n) is 4.19. The van der Waals surface area contributed by atoms with Crippen LogP contribution >= 0.6 is 0 Å². The minimum absolute atomic E-state index is 0.0394. The van der Waals surface area contributed by atoms with Crippen LogP contribution in [-0.2, 0) is 19.6 Å². The molecule has 8 nitrogen and oxygen atoms in total. The smallest absolute Gasteiger partial charge is 0.305 e. The first-order valence-electron chi connectivity index (χ1n) is 8.04. The van der Waals surface area contributed by atoms with Gasteiger partial charge in [0.1, 0.15) is 0 Å². The molecule has 2 unspecified atom stereocenters. The number of ether oxygens (including phenoxy) is 1. The molecule has 0 radical (unpaired) electrons. The number of aliphatic carboxylic acids is 1. The van der Waals surface area contributed by atoms with Crippen molar-refractivity contribution in [1.29, 1.82) is 0 Å². The highest BCUT2D eigenvalue weighted by atomic mass is 32.2. The number of rotatable bonds is 8. The summed E-state index contributed by atoms with van der Waals surface area (Å²) in [6.45, 7) is 3.79. The van der Waals surface area contributed by atoms with Gasteiger partial charge in [-0.1, -0.05) is 12.1 Å². The number of carboxylic acids is 1. The number of carbonyl (C=O) groups is 2. The molecule has 1 amide bonds. The van der Waals surface area contributed by atoms with Gasteiger partial charge in [0.2, 0.25) is 10.0 Å². The van der Waals surface area contributed by atoms with Crippen LogP contribution in [0.3, 0.4) is 0 Å². The Morgan fingerprint density at radius 1 is 1.46 bits per heavy atom. The minimum atomic E-state index is -3.76. The number of benzene rings is 1. The Kier molecular flexibility index (Phi) is 6.52. The van der Waals surface area contributed by atoms with Gasteiger partial charge in [-0.15, -0.1) is 6.58 Å². The topological polar surface area (TPSA) is 113 Å². The van der Waals surface area contributed by atoms with Crippen molar-refractivity contribution >= 4 is 21.9 Å². The van der Waals surface area contributed by atoms with Crippen LogP contribution in [0.25, 0.3) is 0 Å². The van der Waals surface area contributed by atoms with E-state index in [1.807, 2.05) is 0 Å². The molecule has 2 N–H and O–H groups in total. The van der Waals surface area contributed by atoms with Crippen molar-refractivity contribution in [3.63, 3.8) is 0 Å². The van der Waals surface area contributed by atoms with E-state index in [0.29, 0.717) is 6.42 Å². The van der Waals surface area contributed by atoms with E-state index in [0.717, 1.165) is 0 Å². The predicted molar refractivity (Wildman–Crippen MR) is 94.3 cm³/mol. The van der Waals surface area contributed by atoms with Crippen LogP contribution in [0.2, 0.25) is 0 Å². The third kappa shape index (κ3) is 4.69. The Morgan fingerprint density at radius 3 is 2.81 bits per heavy atom. The molecule has 1 aliphatic heterocycles. The van der Waals surface area contributed by atoms with Crippen LogP contribution in [0.4, 0.5) is 0 Å². The molecule has 1 fully saturated rings. The second-order valence-corrected chi connectivity index (χ2v) is 7.74.